The second-order valence-electron chi connectivity index (χ2n) is 6.82. The van der Waals surface area contributed by atoms with Gasteiger partial charge in [0.05, 0.1) is 6.10 Å². The lowest BCUT2D eigenvalue weighted by atomic mass is 10.2. The molecule has 0 fully saturated rings. The monoisotopic (exact) mass is 379 g/mol. The van der Waals surface area contributed by atoms with Crippen LogP contribution in [0.2, 0.25) is 0 Å². The van der Waals surface area contributed by atoms with E-state index < -0.39 is 34.8 Å². The van der Waals surface area contributed by atoms with E-state index in [0.717, 1.165) is 4.68 Å². The second kappa shape index (κ2) is 7.57. The lowest BCUT2D eigenvalue weighted by molar-refractivity contribution is 0.0514. The van der Waals surface area contributed by atoms with Gasteiger partial charge in [0.2, 0.25) is 11.8 Å². The van der Waals surface area contributed by atoms with Gasteiger partial charge in [-0.05, 0) is 34.6 Å². The highest BCUT2D eigenvalue weighted by molar-refractivity contribution is 5.76. The minimum absolute atomic E-state index is 0.0459. The number of rotatable bonds is 4. The molecule has 0 bridgehead atoms. The second-order valence-corrected chi connectivity index (χ2v) is 6.82. The number of nitriles is 1. The number of halogens is 2. The molecule has 0 unspecified atom stereocenters. The molecule has 0 atom stereocenters. The molecule has 0 aromatic carbocycles. The maximum Gasteiger partial charge on any atom is 0.437 e. The lowest BCUT2D eigenvalue weighted by Crippen LogP contribution is -2.28. The van der Waals surface area contributed by atoms with Crippen molar-refractivity contribution in [3.05, 3.63) is 29.5 Å². The van der Waals surface area contributed by atoms with Gasteiger partial charge in [-0.3, -0.25) is 0 Å². The Morgan fingerprint density at radius 1 is 1.33 bits per heavy atom. The van der Waals surface area contributed by atoms with Gasteiger partial charge in [0.25, 0.3) is 0 Å². The van der Waals surface area contributed by atoms with E-state index in [2.05, 4.69) is 15.4 Å². The van der Waals surface area contributed by atoms with Gasteiger partial charge in [-0.1, -0.05) is 0 Å². The molecule has 144 valence electrons. The van der Waals surface area contributed by atoms with Crippen molar-refractivity contribution in [2.24, 2.45) is 0 Å². The van der Waals surface area contributed by atoms with Crippen molar-refractivity contribution in [1.29, 1.82) is 5.26 Å². The molecule has 0 spiro atoms. The Kier molecular flexibility index (Phi) is 5.64. The fourth-order valence-electron chi connectivity index (χ4n) is 1.95. The predicted octanol–water partition coefficient (Wildman–Crippen LogP) is 3.74. The standard InChI is InChI=1S/C17H19F2N5O3/c1-9(2)26-13-7-12(24(23-13)16(25)27-17(3,4)5)21-15-11(18)6-10(8-20)14(19)22-15/h6-7,9H,1-5H3,(H,21,22). The van der Waals surface area contributed by atoms with Crippen LogP contribution in [0.5, 0.6) is 5.88 Å². The fraction of sp³-hybridized carbons (Fsp3) is 0.412. The van der Waals surface area contributed by atoms with Crippen LogP contribution in [-0.4, -0.2) is 32.6 Å². The average Bonchev–Trinajstić information content (AvgIpc) is 2.90. The number of carbonyl (C=O) groups is 1. The molecule has 2 aromatic heterocycles. The van der Waals surface area contributed by atoms with E-state index in [0.29, 0.717) is 6.07 Å². The maximum absolute atomic E-state index is 14.1. The van der Waals surface area contributed by atoms with Crippen LogP contribution in [0.25, 0.3) is 0 Å². The van der Waals surface area contributed by atoms with E-state index in [1.54, 1.807) is 34.6 Å². The summed E-state index contributed by atoms with van der Waals surface area (Å²) in [6, 6.07) is 3.51. The van der Waals surface area contributed by atoms with Crippen molar-refractivity contribution in [1.82, 2.24) is 14.8 Å². The molecule has 0 aliphatic carbocycles. The summed E-state index contributed by atoms with van der Waals surface area (Å²) in [4.78, 5) is 15.7. The van der Waals surface area contributed by atoms with Crippen LogP contribution in [0.15, 0.2) is 12.1 Å². The molecular formula is C17H19F2N5O3. The summed E-state index contributed by atoms with van der Waals surface area (Å²) < 4.78 is 39.3. The van der Waals surface area contributed by atoms with E-state index in [-0.39, 0.29) is 17.8 Å². The van der Waals surface area contributed by atoms with Gasteiger partial charge < -0.3 is 14.8 Å². The quantitative estimate of drug-likeness (QED) is 0.807. The first-order valence-corrected chi connectivity index (χ1v) is 8.03. The molecule has 0 saturated heterocycles. The molecule has 10 heteroatoms. The number of ether oxygens (including phenoxy) is 2. The van der Waals surface area contributed by atoms with Crippen LogP contribution in [0, 0.1) is 23.1 Å². The van der Waals surface area contributed by atoms with E-state index in [9.17, 15) is 13.6 Å². The number of pyridine rings is 1. The zero-order valence-corrected chi connectivity index (χ0v) is 15.5. The Bertz CT molecular complexity index is 897. The summed E-state index contributed by atoms with van der Waals surface area (Å²) in [5.41, 5.74) is -1.34. The number of carbonyl (C=O) groups excluding carboxylic acids is 1. The highest BCUT2D eigenvalue weighted by atomic mass is 19.1. The third-order valence-electron chi connectivity index (χ3n) is 2.91. The molecule has 0 radical (unpaired) electrons. The van der Waals surface area contributed by atoms with Crippen molar-refractivity contribution in [2.75, 3.05) is 5.32 Å². The first kappa shape index (κ1) is 20.1. The summed E-state index contributed by atoms with van der Waals surface area (Å²) in [5, 5.41) is 15.2. The minimum atomic E-state index is -1.15. The Hall–Kier alpha value is -3.22. The van der Waals surface area contributed by atoms with E-state index in [1.807, 2.05) is 0 Å². The molecule has 8 nitrogen and oxygen atoms in total. The molecule has 27 heavy (non-hydrogen) atoms. The van der Waals surface area contributed by atoms with Gasteiger partial charge in [0, 0.05) is 12.1 Å². The first-order chi connectivity index (χ1) is 12.5. The zero-order valence-electron chi connectivity index (χ0n) is 15.5. The van der Waals surface area contributed by atoms with Crippen molar-refractivity contribution in [3.63, 3.8) is 0 Å². The molecular weight excluding hydrogens is 360 g/mol. The van der Waals surface area contributed by atoms with Crippen molar-refractivity contribution in [2.45, 2.75) is 46.3 Å². The normalized spacial score (nSPS) is 11.2. The number of anilines is 2. The van der Waals surface area contributed by atoms with Gasteiger partial charge >= 0.3 is 6.09 Å². The predicted molar refractivity (Wildman–Crippen MR) is 91.8 cm³/mol. The van der Waals surface area contributed by atoms with Crippen LogP contribution in [0.1, 0.15) is 40.2 Å². The van der Waals surface area contributed by atoms with Crippen molar-refractivity contribution >= 4 is 17.7 Å². The maximum atomic E-state index is 14.1. The summed E-state index contributed by atoms with van der Waals surface area (Å²) in [5.74, 6) is -2.62. The van der Waals surface area contributed by atoms with Crippen LogP contribution >= 0.6 is 0 Å². The molecule has 2 aromatic rings. The fourth-order valence-corrected chi connectivity index (χ4v) is 1.95. The van der Waals surface area contributed by atoms with E-state index >= 15 is 0 Å². The SMILES string of the molecule is CC(C)Oc1cc(Nc2nc(F)c(C#N)cc2F)n(C(=O)OC(C)(C)C)n1. The Morgan fingerprint density at radius 2 is 2.00 bits per heavy atom. The van der Waals surface area contributed by atoms with Gasteiger partial charge in [-0.2, -0.15) is 14.6 Å². The number of nitrogens with one attached hydrogen (secondary N) is 1. The summed E-state index contributed by atoms with van der Waals surface area (Å²) in [7, 11) is 0. The largest absolute Gasteiger partial charge is 0.474 e. The summed E-state index contributed by atoms with van der Waals surface area (Å²) in [6.07, 6.45) is -1.08. The van der Waals surface area contributed by atoms with Gasteiger partial charge in [-0.15, -0.1) is 9.78 Å². The highest BCUT2D eigenvalue weighted by Crippen LogP contribution is 2.25. The molecule has 0 saturated carbocycles. The average molecular weight is 379 g/mol. The molecule has 2 heterocycles. The summed E-state index contributed by atoms with van der Waals surface area (Å²) in [6.45, 7) is 8.53. The Labute approximate surface area is 154 Å². The minimum Gasteiger partial charge on any atom is -0.474 e. The van der Waals surface area contributed by atoms with E-state index in [1.165, 1.54) is 12.1 Å². The van der Waals surface area contributed by atoms with Crippen LogP contribution in [0.4, 0.5) is 25.2 Å². The first-order valence-electron chi connectivity index (χ1n) is 8.03. The Morgan fingerprint density at radius 3 is 2.56 bits per heavy atom. The van der Waals surface area contributed by atoms with Gasteiger partial charge in [0.1, 0.15) is 23.1 Å². The number of aromatic nitrogens is 3. The molecule has 2 rings (SSSR count). The number of hydrogen-bond donors (Lipinski definition) is 1. The van der Waals surface area contributed by atoms with Crippen LogP contribution in [0.3, 0.4) is 0 Å². The smallest absolute Gasteiger partial charge is 0.437 e. The number of nitrogens with zero attached hydrogens (tertiary/aromatic N) is 4. The molecule has 0 aliphatic heterocycles. The third-order valence-corrected chi connectivity index (χ3v) is 2.91. The van der Waals surface area contributed by atoms with Crippen molar-refractivity contribution < 1.29 is 23.0 Å². The third kappa shape index (κ3) is 5.13. The van der Waals surface area contributed by atoms with E-state index in [4.69, 9.17) is 14.7 Å². The van der Waals surface area contributed by atoms with Gasteiger partial charge in [-0.25, -0.2) is 9.18 Å². The number of hydrogen-bond acceptors (Lipinski definition) is 7. The van der Waals surface area contributed by atoms with Crippen molar-refractivity contribution in [3.8, 4) is 11.9 Å². The summed E-state index contributed by atoms with van der Waals surface area (Å²) >= 11 is 0. The zero-order chi connectivity index (χ0) is 20.4. The Balaban J connectivity index is 2.43. The van der Waals surface area contributed by atoms with Gasteiger partial charge in [0.15, 0.2) is 11.6 Å². The molecule has 0 aliphatic rings. The highest BCUT2D eigenvalue weighted by Gasteiger charge is 2.24. The lowest BCUT2D eigenvalue weighted by Gasteiger charge is -2.19. The topological polar surface area (TPSA) is 102 Å². The van der Waals surface area contributed by atoms with Crippen LogP contribution in [-0.2, 0) is 4.74 Å². The van der Waals surface area contributed by atoms with Crippen LogP contribution < -0.4 is 10.1 Å². The molecule has 1 N–H and O–H groups in total. The molecule has 0 amide bonds.